The third-order valence-electron chi connectivity index (χ3n) is 4.02. The molecule has 0 unspecified atom stereocenters. The Morgan fingerprint density at radius 2 is 2.04 bits per heavy atom. The minimum absolute atomic E-state index is 0.0313. The molecule has 0 saturated carbocycles. The second-order valence-electron chi connectivity index (χ2n) is 6.02. The number of hydrogen-bond acceptors (Lipinski definition) is 5. The van der Waals surface area contributed by atoms with Crippen molar-refractivity contribution in [3.05, 3.63) is 27.6 Å². The molecular formula is C20H27ClN2O3S. The van der Waals surface area contributed by atoms with Crippen LogP contribution >= 0.6 is 23.4 Å². The van der Waals surface area contributed by atoms with Crippen LogP contribution in [0.3, 0.4) is 0 Å². The van der Waals surface area contributed by atoms with Gasteiger partial charge in [0.05, 0.1) is 22.6 Å². The van der Waals surface area contributed by atoms with Crippen LogP contribution in [0, 0.1) is 0 Å². The Morgan fingerprint density at radius 1 is 1.30 bits per heavy atom. The highest BCUT2D eigenvalue weighted by Gasteiger charge is 2.32. The van der Waals surface area contributed by atoms with Gasteiger partial charge in [0.25, 0.3) is 5.91 Å². The summed E-state index contributed by atoms with van der Waals surface area (Å²) in [5.41, 5.74) is 0.796. The minimum atomic E-state index is -0.0382. The molecule has 1 aromatic carbocycles. The van der Waals surface area contributed by atoms with Crippen LogP contribution < -0.4 is 9.47 Å². The number of benzene rings is 1. The monoisotopic (exact) mass is 410 g/mol. The molecule has 1 aliphatic heterocycles. The summed E-state index contributed by atoms with van der Waals surface area (Å²) in [5.74, 6) is 1.09. The van der Waals surface area contributed by atoms with Crippen molar-refractivity contribution in [3.8, 4) is 11.5 Å². The predicted molar refractivity (Wildman–Crippen MR) is 114 cm³/mol. The molecule has 148 valence electrons. The largest absolute Gasteiger partial charge is 0.490 e. The third-order valence-corrected chi connectivity index (χ3v) is 5.35. The molecule has 1 aromatic rings. The number of thioether (sulfide) groups is 1. The first-order valence-corrected chi connectivity index (χ1v) is 10.5. The summed E-state index contributed by atoms with van der Waals surface area (Å²) in [6, 6.07) is 3.66. The van der Waals surface area contributed by atoms with E-state index in [1.807, 2.05) is 39.8 Å². The summed E-state index contributed by atoms with van der Waals surface area (Å²) in [6.07, 6.45) is 2.73. The summed E-state index contributed by atoms with van der Waals surface area (Å²) in [6.45, 7) is 11.6. The summed E-state index contributed by atoms with van der Waals surface area (Å²) in [5, 5.41) is 1.21. The smallest absolute Gasteiger partial charge is 0.266 e. The maximum absolute atomic E-state index is 12.6. The van der Waals surface area contributed by atoms with Gasteiger partial charge in [0.15, 0.2) is 16.7 Å². The number of hydrogen-bond donors (Lipinski definition) is 0. The normalized spacial score (nSPS) is 18.4. The van der Waals surface area contributed by atoms with Gasteiger partial charge in [-0.3, -0.25) is 14.7 Å². The van der Waals surface area contributed by atoms with Crippen molar-refractivity contribution in [3.63, 3.8) is 0 Å². The maximum atomic E-state index is 12.6. The van der Waals surface area contributed by atoms with E-state index in [1.165, 1.54) is 11.8 Å². The average Bonchev–Trinajstić information content (AvgIpc) is 2.93. The standard InChI is InChI=1S/C20H27ClN2O3S/c1-6-13(5)26-18-15(21)10-14(11-16(18)25-9-4)12-17-19(24)23(8-3)20(27-17)22-7-2/h10-13H,6-9H2,1-5H3/b17-12-,22-20?/t13-/m0/s1. The number of ether oxygens (including phenoxy) is 2. The lowest BCUT2D eigenvalue weighted by Gasteiger charge is -2.18. The van der Waals surface area contributed by atoms with Gasteiger partial charge in [-0.25, -0.2) is 0 Å². The van der Waals surface area contributed by atoms with Crippen molar-refractivity contribution in [1.82, 2.24) is 4.90 Å². The fraction of sp³-hybridized carbons (Fsp3) is 0.500. The highest BCUT2D eigenvalue weighted by Crippen LogP contribution is 2.39. The van der Waals surface area contributed by atoms with E-state index in [-0.39, 0.29) is 12.0 Å². The van der Waals surface area contributed by atoms with Crippen molar-refractivity contribution in [2.75, 3.05) is 19.7 Å². The first kappa shape index (κ1) is 21.6. The van der Waals surface area contributed by atoms with E-state index in [9.17, 15) is 4.79 Å². The number of carbonyl (C=O) groups is 1. The highest BCUT2D eigenvalue weighted by atomic mass is 35.5. The van der Waals surface area contributed by atoms with Crippen LogP contribution in [0.25, 0.3) is 6.08 Å². The zero-order valence-electron chi connectivity index (χ0n) is 16.5. The molecule has 27 heavy (non-hydrogen) atoms. The molecule has 7 heteroatoms. The lowest BCUT2D eigenvalue weighted by molar-refractivity contribution is -0.122. The van der Waals surface area contributed by atoms with E-state index < -0.39 is 0 Å². The molecule has 0 radical (unpaired) electrons. The number of amidine groups is 1. The number of aliphatic imine (C=N–C) groups is 1. The summed E-state index contributed by atoms with van der Waals surface area (Å²) in [7, 11) is 0. The van der Waals surface area contributed by atoms with Gasteiger partial charge in [-0.1, -0.05) is 18.5 Å². The van der Waals surface area contributed by atoms with Crippen LogP contribution in [0.1, 0.15) is 46.6 Å². The molecule has 2 rings (SSSR count). The van der Waals surface area contributed by atoms with E-state index in [2.05, 4.69) is 11.9 Å². The van der Waals surface area contributed by atoms with Crippen LogP contribution in [-0.2, 0) is 4.79 Å². The molecule has 1 aliphatic rings. The zero-order valence-corrected chi connectivity index (χ0v) is 18.1. The second-order valence-corrected chi connectivity index (χ2v) is 7.43. The number of halogens is 1. The van der Waals surface area contributed by atoms with Gasteiger partial charge in [0, 0.05) is 13.1 Å². The van der Waals surface area contributed by atoms with Crippen molar-refractivity contribution in [1.29, 1.82) is 0 Å². The Labute approximate surface area is 170 Å². The average molecular weight is 411 g/mol. The SMILES string of the molecule is CCN=C1S/C(=C\c2cc(Cl)c(O[C@@H](C)CC)c(OCC)c2)C(=O)N1CC. The molecular weight excluding hydrogens is 384 g/mol. The molecule has 5 nitrogen and oxygen atoms in total. The Hall–Kier alpha value is -1.66. The molecule has 0 aliphatic carbocycles. The van der Waals surface area contributed by atoms with Gasteiger partial charge in [0.2, 0.25) is 0 Å². The van der Waals surface area contributed by atoms with Gasteiger partial charge in [-0.15, -0.1) is 0 Å². The first-order valence-electron chi connectivity index (χ1n) is 9.33. The van der Waals surface area contributed by atoms with Crippen LogP contribution in [0.15, 0.2) is 22.0 Å². The van der Waals surface area contributed by atoms with Crippen LogP contribution in [0.2, 0.25) is 5.02 Å². The van der Waals surface area contributed by atoms with E-state index in [1.54, 1.807) is 11.0 Å². The lowest BCUT2D eigenvalue weighted by Crippen LogP contribution is -2.28. The summed E-state index contributed by atoms with van der Waals surface area (Å²) >= 11 is 7.85. The summed E-state index contributed by atoms with van der Waals surface area (Å²) < 4.78 is 11.7. The topological polar surface area (TPSA) is 51.1 Å². The fourth-order valence-electron chi connectivity index (χ4n) is 2.52. The lowest BCUT2D eigenvalue weighted by atomic mass is 10.1. The van der Waals surface area contributed by atoms with Gasteiger partial charge in [-0.2, -0.15) is 0 Å². The Morgan fingerprint density at radius 3 is 2.63 bits per heavy atom. The highest BCUT2D eigenvalue weighted by molar-refractivity contribution is 8.18. The first-order chi connectivity index (χ1) is 12.9. The van der Waals surface area contributed by atoms with Crippen LogP contribution in [0.5, 0.6) is 11.5 Å². The fourth-order valence-corrected chi connectivity index (χ4v) is 3.89. The van der Waals surface area contributed by atoms with Crippen molar-refractivity contribution < 1.29 is 14.3 Å². The van der Waals surface area contributed by atoms with Crippen molar-refractivity contribution >= 4 is 40.5 Å². The van der Waals surface area contributed by atoms with E-state index in [0.29, 0.717) is 41.1 Å². The number of likely N-dealkylation sites (N-methyl/N-ethyl adjacent to an activating group) is 1. The zero-order chi connectivity index (χ0) is 20.0. The number of amides is 1. The molecule has 1 atom stereocenters. The molecule has 0 N–H and O–H groups in total. The van der Waals surface area contributed by atoms with Gasteiger partial charge in [-0.05, 0) is 69.6 Å². The Balaban J connectivity index is 2.40. The number of nitrogens with zero attached hydrogens (tertiary/aromatic N) is 2. The molecule has 1 heterocycles. The molecule has 1 saturated heterocycles. The van der Waals surface area contributed by atoms with Crippen molar-refractivity contribution in [2.45, 2.75) is 47.1 Å². The van der Waals surface area contributed by atoms with Crippen LogP contribution in [0.4, 0.5) is 0 Å². The maximum Gasteiger partial charge on any atom is 0.266 e. The minimum Gasteiger partial charge on any atom is -0.490 e. The third kappa shape index (κ3) is 5.20. The van der Waals surface area contributed by atoms with Crippen LogP contribution in [-0.4, -0.2) is 41.8 Å². The Bertz CT molecular complexity index is 749. The Kier molecular flexibility index (Phi) is 8.05. The number of rotatable bonds is 8. The molecule has 0 bridgehead atoms. The molecule has 1 fully saturated rings. The second kappa shape index (κ2) is 10.0. The van der Waals surface area contributed by atoms with E-state index >= 15 is 0 Å². The van der Waals surface area contributed by atoms with Gasteiger partial charge < -0.3 is 9.47 Å². The molecule has 0 aromatic heterocycles. The van der Waals surface area contributed by atoms with Gasteiger partial charge >= 0.3 is 0 Å². The number of carbonyl (C=O) groups excluding carboxylic acids is 1. The quantitative estimate of drug-likeness (QED) is 0.550. The predicted octanol–water partition coefficient (Wildman–Crippen LogP) is 5.23. The van der Waals surface area contributed by atoms with Gasteiger partial charge in [0.1, 0.15) is 0 Å². The van der Waals surface area contributed by atoms with E-state index in [0.717, 1.165) is 17.2 Å². The van der Waals surface area contributed by atoms with E-state index in [4.69, 9.17) is 21.1 Å². The molecule has 1 amide bonds. The molecule has 0 spiro atoms. The van der Waals surface area contributed by atoms with Crippen molar-refractivity contribution in [2.24, 2.45) is 4.99 Å². The summed E-state index contributed by atoms with van der Waals surface area (Å²) in [4.78, 5) is 19.4.